The van der Waals surface area contributed by atoms with E-state index in [1.165, 1.54) is 6.92 Å². The van der Waals surface area contributed by atoms with Gasteiger partial charge in [-0.15, -0.1) is 6.58 Å². The van der Waals surface area contributed by atoms with Gasteiger partial charge in [-0.1, -0.05) is 19.9 Å². The van der Waals surface area contributed by atoms with E-state index < -0.39 is 5.54 Å². The maximum Gasteiger partial charge on any atom is 0.151 e. The van der Waals surface area contributed by atoms with Crippen molar-refractivity contribution in [1.29, 1.82) is 0 Å². The van der Waals surface area contributed by atoms with Crippen molar-refractivity contribution in [3.8, 4) is 0 Å². The molecule has 0 bridgehead atoms. The van der Waals surface area contributed by atoms with Crippen molar-refractivity contribution >= 4 is 5.78 Å². The number of carbonyl (C=O) groups excluding carboxylic acids is 1. The van der Waals surface area contributed by atoms with Gasteiger partial charge in [-0.25, -0.2) is 0 Å². The summed E-state index contributed by atoms with van der Waals surface area (Å²) in [7, 11) is 0. The van der Waals surface area contributed by atoms with Crippen LogP contribution in [0.5, 0.6) is 0 Å². The third-order valence-corrected chi connectivity index (χ3v) is 2.20. The number of rotatable bonds is 6. The first-order valence-electron chi connectivity index (χ1n) is 4.75. The van der Waals surface area contributed by atoms with E-state index >= 15 is 0 Å². The average Bonchev–Trinajstić information content (AvgIpc) is 2.03. The zero-order valence-electron chi connectivity index (χ0n) is 9.81. The Balaban J connectivity index is 3.97. The van der Waals surface area contributed by atoms with E-state index in [-0.39, 0.29) is 11.2 Å². The third kappa shape index (κ3) is 4.53. The zero-order valence-corrected chi connectivity index (χ0v) is 9.81. The second-order valence-electron chi connectivity index (χ2n) is 4.76. The maximum atomic E-state index is 11.1. The predicted octanol–water partition coefficient (Wildman–Crippen LogP) is 2.09. The van der Waals surface area contributed by atoms with Crippen LogP contribution < -0.4 is 5.48 Å². The molecular weight excluding hydrogens is 178 g/mol. The van der Waals surface area contributed by atoms with Gasteiger partial charge in [0.25, 0.3) is 0 Å². The molecular formula is C11H21NO2. The molecule has 0 aliphatic heterocycles. The molecule has 0 amide bonds. The highest BCUT2D eigenvalue weighted by Gasteiger charge is 2.24. The van der Waals surface area contributed by atoms with Crippen LogP contribution in [0, 0.1) is 5.41 Å². The van der Waals surface area contributed by atoms with Crippen LogP contribution in [0.2, 0.25) is 0 Å². The fourth-order valence-electron chi connectivity index (χ4n) is 0.533. The summed E-state index contributed by atoms with van der Waals surface area (Å²) in [6.45, 7) is 13.3. The normalized spacial score (nSPS) is 12.6. The van der Waals surface area contributed by atoms with Gasteiger partial charge < -0.3 is 0 Å². The molecule has 0 spiro atoms. The van der Waals surface area contributed by atoms with Gasteiger partial charge in [-0.2, -0.15) is 5.48 Å². The lowest BCUT2D eigenvalue weighted by Gasteiger charge is -2.26. The molecule has 0 saturated carbocycles. The Morgan fingerprint density at radius 1 is 1.43 bits per heavy atom. The van der Waals surface area contributed by atoms with E-state index in [2.05, 4.69) is 12.1 Å². The molecule has 0 aromatic carbocycles. The SMILES string of the molecule is C=CC(C)(C)CONC(C)(C)C(C)=O. The van der Waals surface area contributed by atoms with Gasteiger partial charge in [-0.05, 0) is 20.8 Å². The molecule has 0 atom stereocenters. The smallest absolute Gasteiger partial charge is 0.151 e. The second-order valence-corrected chi connectivity index (χ2v) is 4.76. The summed E-state index contributed by atoms with van der Waals surface area (Å²) in [4.78, 5) is 16.4. The Morgan fingerprint density at radius 2 is 1.93 bits per heavy atom. The Kier molecular flexibility index (Phi) is 4.49. The lowest BCUT2D eigenvalue weighted by Crippen LogP contribution is -2.46. The molecule has 0 saturated heterocycles. The molecule has 0 rings (SSSR count). The Bertz CT molecular complexity index is 219. The van der Waals surface area contributed by atoms with Gasteiger partial charge in [0.1, 0.15) is 0 Å². The summed E-state index contributed by atoms with van der Waals surface area (Å²) in [5.41, 5.74) is 2.04. The number of nitrogens with one attached hydrogen (secondary N) is 1. The maximum absolute atomic E-state index is 11.1. The topological polar surface area (TPSA) is 38.3 Å². The molecule has 0 aromatic rings. The van der Waals surface area contributed by atoms with Crippen molar-refractivity contribution in [2.75, 3.05) is 6.61 Å². The minimum Gasteiger partial charge on any atom is -0.300 e. The van der Waals surface area contributed by atoms with Gasteiger partial charge in [0.2, 0.25) is 0 Å². The van der Waals surface area contributed by atoms with Gasteiger partial charge in [0, 0.05) is 5.41 Å². The van der Waals surface area contributed by atoms with Crippen molar-refractivity contribution in [2.45, 2.75) is 40.2 Å². The number of carbonyl (C=O) groups is 1. The van der Waals surface area contributed by atoms with Crippen LogP contribution in [-0.4, -0.2) is 17.9 Å². The zero-order chi connectivity index (χ0) is 11.4. The second kappa shape index (κ2) is 4.71. The molecule has 0 aliphatic rings. The molecule has 0 radical (unpaired) electrons. The van der Waals surface area contributed by atoms with Crippen LogP contribution in [0.25, 0.3) is 0 Å². The number of hydroxylamine groups is 1. The highest BCUT2D eigenvalue weighted by atomic mass is 16.6. The van der Waals surface area contributed by atoms with E-state index in [1.54, 1.807) is 13.8 Å². The summed E-state index contributed by atoms with van der Waals surface area (Å²) in [6, 6.07) is 0. The number of ketones is 1. The highest BCUT2D eigenvalue weighted by molar-refractivity contribution is 5.84. The molecule has 3 heteroatoms. The molecule has 0 fully saturated rings. The average molecular weight is 199 g/mol. The molecule has 3 nitrogen and oxygen atoms in total. The van der Waals surface area contributed by atoms with Gasteiger partial charge >= 0.3 is 0 Å². The first-order valence-corrected chi connectivity index (χ1v) is 4.75. The summed E-state index contributed by atoms with van der Waals surface area (Å²) < 4.78 is 0. The minimum atomic E-state index is -0.628. The van der Waals surface area contributed by atoms with Crippen LogP contribution in [0.4, 0.5) is 0 Å². The van der Waals surface area contributed by atoms with Crippen molar-refractivity contribution in [3.05, 3.63) is 12.7 Å². The quantitative estimate of drug-likeness (QED) is 0.526. The lowest BCUT2D eigenvalue weighted by atomic mass is 9.96. The minimum absolute atomic E-state index is 0.0499. The Hall–Kier alpha value is -0.670. The first kappa shape index (κ1) is 13.3. The molecule has 14 heavy (non-hydrogen) atoms. The number of hydrogen-bond acceptors (Lipinski definition) is 3. The third-order valence-electron chi connectivity index (χ3n) is 2.20. The number of hydrogen-bond donors (Lipinski definition) is 1. The van der Waals surface area contributed by atoms with Gasteiger partial charge in [0.15, 0.2) is 5.78 Å². The monoisotopic (exact) mass is 199 g/mol. The molecule has 0 aromatic heterocycles. The van der Waals surface area contributed by atoms with E-state index in [1.807, 2.05) is 19.9 Å². The first-order chi connectivity index (χ1) is 6.21. The van der Waals surface area contributed by atoms with Crippen LogP contribution in [0.15, 0.2) is 12.7 Å². The van der Waals surface area contributed by atoms with Crippen molar-refractivity contribution in [2.24, 2.45) is 5.41 Å². The molecule has 0 aliphatic carbocycles. The summed E-state index contributed by atoms with van der Waals surface area (Å²) in [6.07, 6.45) is 1.83. The summed E-state index contributed by atoms with van der Waals surface area (Å²) in [5, 5.41) is 0. The molecule has 1 N–H and O–H groups in total. The summed E-state index contributed by atoms with van der Waals surface area (Å²) >= 11 is 0. The van der Waals surface area contributed by atoms with Gasteiger partial charge in [-0.3, -0.25) is 9.63 Å². The number of Topliss-reactive ketones (excluding diaryl/α,β-unsaturated/α-hetero) is 1. The van der Waals surface area contributed by atoms with Gasteiger partial charge in [0.05, 0.1) is 12.1 Å². The van der Waals surface area contributed by atoms with Crippen molar-refractivity contribution in [1.82, 2.24) is 5.48 Å². The van der Waals surface area contributed by atoms with E-state index in [9.17, 15) is 4.79 Å². The van der Waals surface area contributed by atoms with E-state index in [0.29, 0.717) is 6.61 Å². The largest absolute Gasteiger partial charge is 0.300 e. The fourth-order valence-corrected chi connectivity index (χ4v) is 0.533. The van der Waals surface area contributed by atoms with E-state index in [0.717, 1.165) is 0 Å². The Morgan fingerprint density at radius 3 is 2.29 bits per heavy atom. The van der Waals surface area contributed by atoms with Crippen LogP contribution >= 0.6 is 0 Å². The Labute approximate surface area is 86.5 Å². The van der Waals surface area contributed by atoms with Crippen LogP contribution in [-0.2, 0) is 9.63 Å². The highest BCUT2D eigenvalue weighted by Crippen LogP contribution is 2.16. The standard InChI is InChI=1S/C11H21NO2/c1-7-10(3,4)8-14-12-11(5,6)9(2)13/h7,12H,1,8H2,2-6H3. The van der Waals surface area contributed by atoms with Crippen molar-refractivity contribution in [3.63, 3.8) is 0 Å². The molecule has 0 heterocycles. The van der Waals surface area contributed by atoms with Crippen LogP contribution in [0.1, 0.15) is 34.6 Å². The summed E-state index contributed by atoms with van der Waals surface area (Å²) in [5.74, 6) is 0.0499. The van der Waals surface area contributed by atoms with E-state index in [4.69, 9.17) is 4.84 Å². The lowest BCUT2D eigenvalue weighted by molar-refractivity contribution is -0.130. The van der Waals surface area contributed by atoms with Crippen molar-refractivity contribution < 1.29 is 9.63 Å². The fraction of sp³-hybridized carbons (Fsp3) is 0.727. The molecule has 0 unspecified atom stereocenters. The van der Waals surface area contributed by atoms with Crippen LogP contribution in [0.3, 0.4) is 0 Å². The predicted molar refractivity (Wildman–Crippen MR) is 57.8 cm³/mol. The molecule has 82 valence electrons.